The van der Waals surface area contributed by atoms with Crippen molar-refractivity contribution < 1.29 is 4.39 Å². The van der Waals surface area contributed by atoms with Crippen LogP contribution in [0.4, 0.5) is 10.1 Å². The van der Waals surface area contributed by atoms with Gasteiger partial charge in [0.1, 0.15) is 5.82 Å². The largest absolute Gasteiger partial charge is 0.333 e. The number of aliphatic imine (C=N–C) groups is 1. The fourth-order valence-electron chi connectivity index (χ4n) is 1.40. The number of nitrogens with one attached hydrogen (secondary N) is 1. The molecule has 16 heavy (non-hydrogen) atoms. The summed E-state index contributed by atoms with van der Waals surface area (Å²) in [6, 6.07) is 4.93. The lowest BCUT2D eigenvalue weighted by Gasteiger charge is -2.06. The van der Waals surface area contributed by atoms with Crippen LogP contribution < -0.4 is 5.32 Å². The molecule has 0 saturated carbocycles. The molecule has 2 nitrogen and oxygen atoms in total. The van der Waals surface area contributed by atoms with Crippen molar-refractivity contribution in [1.29, 1.82) is 0 Å². The third-order valence-corrected chi connectivity index (χ3v) is 3.62. The first-order chi connectivity index (χ1) is 7.69. The van der Waals surface area contributed by atoms with Crippen molar-refractivity contribution >= 4 is 34.2 Å². The standard InChI is InChI=1S/C11H12ClFN2S/c1-2-8-6-16-11(14-8)15-10-4-3-7(12)5-9(10)13/h3-5,8H,2,6H2,1H3,(H,14,15). The highest BCUT2D eigenvalue weighted by atomic mass is 35.5. The summed E-state index contributed by atoms with van der Waals surface area (Å²) >= 11 is 7.30. The Labute approximate surface area is 103 Å². The molecule has 86 valence electrons. The van der Waals surface area contributed by atoms with E-state index >= 15 is 0 Å². The molecule has 0 aliphatic carbocycles. The van der Waals surface area contributed by atoms with E-state index < -0.39 is 0 Å². The van der Waals surface area contributed by atoms with Gasteiger partial charge < -0.3 is 5.32 Å². The first-order valence-corrected chi connectivity index (χ1v) is 6.48. The Bertz CT molecular complexity index is 422. The highest BCUT2D eigenvalue weighted by molar-refractivity contribution is 8.14. The molecule has 0 bridgehead atoms. The SMILES string of the molecule is CCC1CSC(Nc2ccc(Cl)cc2F)=N1. The minimum atomic E-state index is -0.351. The van der Waals surface area contributed by atoms with Crippen molar-refractivity contribution in [2.75, 3.05) is 11.1 Å². The molecule has 1 unspecified atom stereocenters. The number of hydrogen-bond acceptors (Lipinski definition) is 3. The average molecular weight is 259 g/mol. The van der Waals surface area contributed by atoms with E-state index in [4.69, 9.17) is 11.6 Å². The molecule has 1 aliphatic heterocycles. The fraction of sp³-hybridized carbons (Fsp3) is 0.364. The molecule has 2 rings (SSSR count). The highest BCUT2D eigenvalue weighted by Gasteiger charge is 2.17. The zero-order valence-electron chi connectivity index (χ0n) is 8.84. The topological polar surface area (TPSA) is 24.4 Å². The van der Waals surface area contributed by atoms with Crippen molar-refractivity contribution in [2.24, 2.45) is 4.99 Å². The summed E-state index contributed by atoms with van der Waals surface area (Å²) in [4.78, 5) is 4.43. The zero-order valence-corrected chi connectivity index (χ0v) is 10.4. The minimum absolute atomic E-state index is 0.350. The van der Waals surface area contributed by atoms with Crippen LogP contribution in [0.2, 0.25) is 5.02 Å². The summed E-state index contributed by atoms with van der Waals surface area (Å²) < 4.78 is 13.5. The van der Waals surface area contributed by atoms with Gasteiger partial charge in [0.05, 0.1) is 11.7 Å². The molecule has 1 aromatic carbocycles. The molecule has 5 heteroatoms. The Kier molecular flexibility index (Phi) is 3.71. The van der Waals surface area contributed by atoms with Crippen LogP contribution >= 0.6 is 23.4 Å². The lowest BCUT2D eigenvalue weighted by Crippen LogP contribution is -2.06. The third kappa shape index (κ3) is 2.68. The molecule has 1 N–H and O–H groups in total. The number of hydrogen-bond donors (Lipinski definition) is 1. The maximum Gasteiger partial charge on any atom is 0.161 e. The van der Waals surface area contributed by atoms with Gasteiger partial charge in [0, 0.05) is 10.8 Å². The Balaban J connectivity index is 2.10. The first kappa shape index (κ1) is 11.7. The Morgan fingerprint density at radius 3 is 3.06 bits per heavy atom. The summed E-state index contributed by atoms with van der Waals surface area (Å²) in [5.41, 5.74) is 0.424. The van der Waals surface area contributed by atoms with Crippen LogP contribution in [-0.2, 0) is 0 Å². The monoisotopic (exact) mass is 258 g/mol. The minimum Gasteiger partial charge on any atom is -0.333 e. The lowest BCUT2D eigenvalue weighted by molar-refractivity contribution is 0.632. The van der Waals surface area contributed by atoms with Gasteiger partial charge in [-0.3, -0.25) is 4.99 Å². The van der Waals surface area contributed by atoms with Gasteiger partial charge in [0.15, 0.2) is 5.17 Å². The number of benzene rings is 1. The van der Waals surface area contributed by atoms with E-state index in [9.17, 15) is 4.39 Å². The summed E-state index contributed by atoms with van der Waals surface area (Å²) in [5.74, 6) is 0.615. The molecule has 0 fully saturated rings. The maximum absolute atomic E-state index is 13.5. The van der Waals surface area contributed by atoms with Crippen LogP contribution in [0.25, 0.3) is 0 Å². The third-order valence-electron chi connectivity index (χ3n) is 2.36. The van der Waals surface area contributed by atoms with Gasteiger partial charge in [0.25, 0.3) is 0 Å². The predicted octanol–water partition coefficient (Wildman–Crippen LogP) is 3.77. The van der Waals surface area contributed by atoms with E-state index in [1.807, 2.05) is 0 Å². The van der Waals surface area contributed by atoms with Crippen LogP contribution in [-0.4, -0.2) is 17.0 Å². The molecule has 1 atom stereocenters. The van der Waals surface area contributed by atoms with Gasteiger partial charge in [-0.1, -0.05) is 30.3 Å². The molecule has 0 radical (unpaired) electrons. The summed E-state index contributed by atoms with van der Waals surface area (Å²) in [7, 11) is 0. The number of rotatable bonds is 2. The smallest absolute Gasteiger partial charge is 0.161 e. The Morgan fingerprint density at radius 2 is 2.44 bits per heavy atom. The van der Waals surface area contributed by atoms with Gasteiger partial charge in [-0.05, 0) is 24.6 Å². The van der Waals surface area contributed by atoms with E-state index in [1.165, 1.54) is 6.07 Å². The van der Waals surface area contributed by atoms with Crippen LogP contribution in [0.15, 0.2) is 23.2 Å². The van der Waals surface area contributed by atoms with E-state index in [1.54, 1.807) is 23.9 Å². The van der Waals surface area contributed by atoms with E-state index in [0.29, 0.717) is 16.8 Å². The molecular formula is C11H12ClFN2S. The number of nitrogens with zero attached hydrogens (tertiary/aromatic N) is 1. The number of amidine groups is 1. The highest BCUT2D eigenvalue weighted by Crippen LogP contribution is 2.24. The van der Waals surface area contributed by atoms with E-state index in [2.05, 4.69) is 17.2 Å². The molecule has 1 heterocycles. The first-order valence-electron chi connectivity index (χ1n) is 5.11. The van der Waals surface area contributed by atoms with Crippen LogP contribution in [0.5, 0.6) is 0 Å². The van der Waals surface area contributed by atoms with Gasteiger partial charge in [-0.25, -0.2) is 4.39 Å². The fourth-order valence-corrected chi connectivity index (χ4v) is 2.62. The second kappa shape index (κ2) is 5.06. The van der Waals surface area contributed by atoms with Crippen LogP contribution in [0, 0.1) is 5.82 Å². The lowest BCUT2D eigenvalue weighted by atomic mass is 10.3. The Hall–Kier alpha value is -0.740. The van der Waals surface area contributed by atoms with Crippen molar-refractivity contribution in [1.82, 2.24) is 0 Å². The van der Waals surface area contributed by atoms with Gasteiger partial charge >= 0.3 is 0 Å². The number of thioether (sulfide) groups is 1. The van der Waals surface area contributed by atoms with Crippen molar-refractivity contribution in [3.8, 4) is 0 Å². The van der Waals surface area contributed by atoms with Crippen LogP contribution in [0.3, 0.4) is 0 Å². The van der Waals surface area contributed by atoms with Gasteiger partial charge in [-0.15, -0.1) is 0 Å². The second-order valence-electron chi connectivity index (χ2n) is 3.56. The van der Waals surface area contributed by atoms with Crippen molar-refractivity contribution in [2.45, 2.75) is 19.4 Å². The summed E-state index contributed by atoms with van der Waals surface area (Å²) in [5, 5.41) is 4.16. The molecule has 0 saturated heterocycles. The predicted molar refractivity (Wildman–Crippen MR) is 69.0 cm³/mol. The molecular weight excluding hydrogens is 247 g/mol. The van der Waals surface area contributed by atoms with E-state index in [0.717, 1.165) is 17.3 Å². The van der Waals surface area contributed by atoms with Crippen molar-refractivity contribution in [3.05, 3.63) is 29.0 Å². The van der Waals surface area contributed by atoms with Gasteiger partial charge in [0.2, 0.25) is 0 Å². The number of anilines is 1. The molecule has 1 aliphatic rings. The Morgan fingerprint density at radius 1 is 1.62 bits per heavy atom. The summed E-state index contributed by atoms with van der Waals surface area (Å²) in [6.07, 6.45) is 1.02. The maximum atomic E-state index is 13.5. The molecule has 0 amide bonds. The van der Waals surface area contributed by atoms with Gasteiger partial charge in [-0.2, -0.15) is 0 Å². The molecule has 0 aromatic heterocycles. The second-order valence-corrected chi connectivity index (χ2v) is 5.00. The average Bonchev–Trinajstić information content (AvgIpc) is 2.70. The molecule has 1 aromatic rings. The normalized spacial score (nSPS) is 19.7. The van der Waals surface area contributed by atoms with E-state index in [-0.39, 0.29) is 5.82 Å². The molecule has 0 spiro atoms. The quantitative estimate of drug-likeness (QED) is 0.873. The zero-order chi connectivity index (χ0) is 11.5. The van der Waals surface area contributed by atoms with Crippen molar-refractivity contribution in [3.63, 3.8) is 0 Å². The number of halogens is 2. The van der Waals surface area contributed by atoms with Crippen LogP contribution in [0.1, 0.15) is 13.3 Å². The summed E-state index contributed by atoms with van der Waals surface area (Å²) in [6.45, 7) is 2.10.